The molecule has 0 saturated carbocycles. The van der Waals surface area contributed by atoms with Crippen molar-refractivity contribution in [3.63, 3.8) is 0 Å². The lowest BCUT2D eigenvalue weighted by Gasteiger charge is -2.10. The van der Waals surface area contributed by atoms with Gasteiger partial charge in [-0.25, -0.2) is 15.0 Å². The van der Waals surface area contributed by atoms with Crippen LogP contribution in [-0.2, 0) is 0 Å². The van der Waals surface area contributed by atoms with Gasteiger partial charge < -0.3 is 0 Å². The van der Waals surface area contributed by atoms with Crippen LogP contribution in [-0.4, -0.2) is 15.0 Å². The molecule has 0 aliphatic heterocycles. The van der Waals surface area contributed by atoms with E-state index in [1.165, 1.54) is 0 Å². The summed E-state index contributed by atoms with van der Waals surface area (Å²) in [5, 5.41) is 0. The average Bonchev–Trinajstić information content (AvgIpc) is 2.93. The summed E-state index contributed by atoms with van der Waals surface area (Å²) in [5.74, 6) is 1.72. The van der Waals surface area contributed by atoms with Crippen molar-refractivity contribution in [2.45, 2.75) is 0 Å². The summed E-state index contributed by atoms with van der Waals surface area (Å²) < 4.78 is 0. The molecule has 162 valence electrons. The Labute approximate surface area is 199 Å². The molecule has 4 aromatic carbocycles. The summed E-state index contributed by atoms with van der Waals surface area (Å²) in [7, 11) is 0. The van der Waals surface area contributed by atoms with Crippen molar-refractivity contribution in [3.05, 3.63) is 134 Å². The number of nitrogens with zero attached hydrogens (tertiary/aromatic N) is 3. The fourth-order valence-electron chi connectivity index (χ4n) is 3.81. The van der Waals surface area contributed by atoms with E-state index in [4.69, 9.17) is 15.0 Å². The molecule has 0 atom stereocenters. The second kappa shape index (κ2) is 9.47. The van der Waals surface area contributed by atoms with Crippen LogP contribution in [0.2, 0.25) is 0 Å². The Kier molecular flexibility index (Phi) is 5.91. The lowest BCUT2D eigenvalue weighted by molar-refractivity contribution is 1.04. The van der Waals surface area contributed by atoms with Crippen LogP contribution in [0.1, 0.15) is 5.82 Å². The SMILES string of the molecule is C=CC(=C)c1nc(-c2cccc(-c3ccccc3)c2)nc(-c2cccc(-c3ccccc3)c2)n1. The quantitative estimate of drug-likeness (QED) is 0.255. The Morgan fingerprint density at radius 2 is 0.912 bits per heavy atom. The largest absolute Gasteiger partial charge is 0.208 e. The van der Waals surface area contributed by atoms with Crippen LogP contribution in [0.4, 0.5) is 0 Å². The van der Waals surface area contributed by atoms with Gasteiger partial charge in [0.2, 0.25) is 0 Å². The molecule has 5 rings (SSSR count). The first-order valence-corrected chi connectivity index (χ1v) is 11.1. The van der Waals surface area contributed by atoms with Gasteiger partial charge in [-0.15, -0.1) is 0 Å². The molecule has 0 aliphatic rings. The van der Waals surface area contributed by atoms with E-state index in [9.17, 15) is 0 Å². The number of benzene rings is 4. The van der Waals surface area contributed by atoms with Crippen molar-refractivity contribution in [3.8, 4) is 45.0 Å². The van der Waals surface area contributed by atoms with E-state index in [1.807, 2.05) is 60.7 Å². The van der Waals surface area contributed by atoms with E-state index in [0.29, 0.717) is 23.0 Å². The van der Waals surface area contributed by atoms with E-state index in [2.05, 4.69) is 61.7 Å². The number of hydrogen-bond donors (Lipinski definition) is 0. The molecule has 0 radical (unpaired) electrons. The highest BCUT2D eigenvalue weighted by Gasteiger charge is 2.13. The number of rotatable bonds is 6. The van der Waals surface area contributed by atoms with Gasteiger partial charge >= 0.3 is 0 Å². The third-order valence-corrected chi connectivity index (χ3v) is 5.62. The fraction of sp³-hybridized carbons (Fsp3) is 0. The maximum absolute atomic E-state index is 4.86. The van der Waals surface area contributed by atoms with E-state index >= 15 is 0 Å². The standard InChI is InChI=1S/C31H23N3/c1-3-22(2)29-32-30(27-18-10-16-25(20-27)23-12-6-4-7-13-23)34-31(33-29)28-19-11-17-26(21-28)24-14-8-5-9-15-24/h3-21H,1-2H2. The van der Waals surface area contributed by atoms with Crippen LogP contribution >= 0.6 is 0 Å². The molecule has 0 saturated heterocycles. The lowest BCUT2D eigenvalue weighted by atomic mass is 10.0. The summed E-state index contributed by atoms with van der Waals surface area (Å²) >= 11 is 0. The van der Waals surface area contributed by atoms with Crippen LogP contribution in [0.25, 0.3) is 50.6 Å². The summed E-state index contributed by atoms with van der Waals surface area (Å²) in [6, 6.07) is 37.0. The van der Waals surface area contributed by atoms with Gasteiger partial charge in [0.15, 0.2) is 17.5 Å². The first-order chi connectivity index (χ1) is 16.7. The Morgan fingerprint density at radius 1 is 0.500 bits per heavy atom. The van der Waals surface area contributed by atoms with Crippen molar-refractivity contribution in [2.24, 2.45) is 0 Å². The van der Waals surface area contributed by atoms with Gasteiger partial charge in [0.05, 0.1) is 0 Å². The van der Waals surface area contributed by atoms with Gasteiger partial charge in [-0.05, 0) is 34.4 Å². The van der Waals surface area contributed by atoms with Gasteiger partial charge in [0, 0.05) is 16.7 Å². The first kappa shape index (κ1) is 21.2. The second-order valence-corrected chi connectivity index (χ2v) is 7.93. The van der Waals surface area contributed by atoms with Crippen molar-refractivity contribution in [1.82, 2.24) is 15.0 Å². The molecular formula is C31H23N3. The summed E-state index contributed by atoms with van der Waals surface area (Å²) in [6.07, 6.45) is 1.67. The minimum Gasteiger partial charge on any atom is -0.208 e. The molecular weight excluding hydrogens is 414 g/mol. The molecule has 1 aromatic heterocycles. The minimum absolute atomic E-state index is 0.519. The van der Waals surface area contributed by atoms with Gasteiger partial charge in [-0.2, -0.15) is 0 Å². The van der Waals surface area contributed by atoms with Crippen molar-refractivity contribution in [2.75, 3.05) is 0 Å². The molecule has 0 N–H and O–H groups in total. The monoisotopic (exact) mass is 437 g/mol. The van der Waals surface area contributed by atoms with Gasteiger partial charge in [-0.3, -0.25) is 0 Å². The van der Waals surface area contributed by atoms with Crippen LogP contribution in [0, 0.1) is 0 Å². The highest BCUT2D eigenvalue weighted by Crippen LogP contribution is 2.29. The van der Waals surface area contributed by atoms with Gasteiger partial charge in [0.25, 0.3) is 0 Å². The smallest absolute Gasteiger partial charge is 0.164 e. The third kappa shape index (κ3) is 4.45. The molecule has 0 fully saturated rings. The molecule has 5 aromatic rings. The van der Waals surface area contributed by atoms with Crippen LogP contribution in [0.15, 0.2) is 128 Å². The van der Waals surface area contributed by atoms with Crippen molar-refractivity contribution < 1.29 is 0 Å². The third-order valence-electron chi connectivity index (χ3n) is 5.62. The fourth-order valence-corrected chi connectivity index (χ4v) is 3.81. The van der Waals surface area contributed by atoms with E-state index in [-0.39, 0.29) is 0 Å². The zero-order valence-corrected chi connectivity index (χ0v) is 18.7. The predicted molar refractivity (Wildman–Crippen MR) is 141 cm³/mol. The first-order valence-electron chi connectivity index (χ1n) is 11.1. The molecule has 0 bridgehead atoms. The van der Waals surface area contributed by atoms with E-state index in [0.717, 1.165) is 33.4 Å². The highest BCUT2D eigenvalue weighted by molar-refractivity contribution is 5.75. The Morgan fingerprint density at radius 3 is 1.35 bits per heavy atom. The van der Waals surface area contributed by atoms with Gasteiger partial charge in [-0.1, -0.05) is 116 Å². The molecule has 0 aliphatic carbocycles. The lowest BCUT2D eigenvalue weighted by Crippen LogP contribution is -2.02. The molecule has 0 amide bonds. The number of aromatic nitrogens is 3. The molecule has 3 nitrogen and oxygen atoms in total. The second-order valence-electron chi connectivity index (χ2n) is 7.93. The van der Waals surface area contributed by atoms with Crippen LogP contribution < -0.4 is 0 Å². The number of allylic oxidation sites excluding steroid dienone is 2. The molecule has 0 spiro atoms. The Hall–Kier alpha value is -4.63. The maximum atomic E-state index is 4.86. The number of hydrogen-bond acceptors (Lipinski definition) is 3. The van der Waals surface area contributed by atoms with Crippen LogP contribution in [0.5, 0.6) is 0 Å². The maximum Gasteiger partial charge on any atom is 0.164 e. The molecule has 34 heavy (non-hydrogen) atoms. The topological polar surface area (TPSA) is 38.7 Å². The zero-order valence-electron chi connectivity index (χ0n) is 18.7. The van der Waals surface area contributed by atoms with Crippen molar-refractivity contribution in [1.29, 1.82) is 0 Å². The molecule has 3 heteroatoms. The minimum atomic E-state index is 0.519. The average molecular weight is 438 g/mol. The Balaban J connectivity index is 1.63. The van der Waals surface area contributed by atoms with E-state index in [1.54, 1.807) is 6.08 Å². The Bertz CT molecular complexity index is 1370. The van der Waals surface area contributed by atoms with Crippen LogP contribution in [0.3, 0.4) is 0 Å². The predicted octanol–water partition coefficient (Wildman–Crippen LogP) is 7.74. The summed E-state index contributed by atoms with van der Waals surface area (Å²) in [4.78, 5) is 14.3. The summed E-state index contributed by atoms with van der Waals surface area (Å²) in [6.45, 7) is 7.92. The molecule has 1 heterocycles. The highest BCUT2D eigenvalue weighted by atomic mass is 15.0. The summed E-state index contributed by atoms with van der Waals surface area (Å²) in [5.41, 5.74) is 6.99. The van der Waals surface area contributed by atoms with Crippen molar-refractivity contribution >= 4 is 5.57 Å². The van der Waals surface area contributed by atoms with E-state index < -0.39 is 0 Å². The molecule has 0 unspecified atom stereocenters. The van der Waals surface area contributed by atoms with Gasteiger partial charge in [0.1, 0.15) is 0 Å². The zero-order chi connectivity index (χ0) is 23.3. The normalized spacial score (nSPS) is 10.6.